The Labute approximate surface area is 178 Å². The van der Waals surface area contributed by atoms with Crippen LogP contribution in [-0.4, -0.2) is 40.4 Å². The number of hydrogen-bond donors (Lipinski definition) is 4. The second-order valence-electron chi connectivity index (χ2n) is 7.91. The van der Waals surface area contributed by atoms with Crippen LogP contribution in [0.1, 0.15) is 46.1 Å². The van der Waals surface area contributed by atoms with Crippen LogP contribution in [0.3, 0.4) is 0 Å². The van der Waals surface area contributed by atoms with Crippen LogP contribution in [0.2, 0.25) is 0 Å². The average Bonchev–Trinajstić information content (AvgIpc) is 2.64. The third-order valence-electron chi connectivity index (χ3n) is 4.15. The lowest BCUT2D eigenvalue weighted by atomic mass is 10.0. The molecule has 0 saturated heterocycles. The molecule has 1 rings (SSSR count). The number of rotatable bonds is 12. The van der Waals surface area contributed by atoms with E-state index in [0.29, 0.717) is 12.8 Å². The van der Waals surface area contributed by atoms with E-state index < -0.39 is 38.6 Å². The second-order valence-corrected chi connectivity index (χ2v) is 8.67. The molecular formula is C20H33N2O7P. The summed E-state index contributed by atoms with van der Waals surface area (Å²) in [5, 5.41) is 15.2. The maximum atomic E-state index is 12.8. The molecule has 0 aliphatic heterocycles. The number of carbonyl (C=O) groups excluding carboxylic acids is 2. The summed E-state index contributed by atoms with van der Waals surface area (Å²) in [7, 11) is -3.38. The van der Waals surface area contributed by atoms with Crippen molar-refractivity contribution in [3.05, 3.63) is 35.9 Å². The quantitative estimate of drug-likeness (QED) is 0.288. The zero-order chi connectivity index (χ0) is 22.7. The Kier molecular flexibility index (Phi) is 11.7. The van der Waals surface area contributed by atoms with Gasteiger partial charge < -0.3 is 25.4 Å². The van der Waals surface area contributed by atoms with Gasteiger partial charge in [0.15, 0.2) is 6.29 Å². The van der Waals surface area contributed by atoms with E-state index in [-0.39, 0.29) is 18.4 Å². The zero-order valence-corrected chi connectivity index (χ0v) is 18.8. The molecule has 0 spiro atoms. The predicted octanol–water partition coefficient (Wildman–Crippen LogP) is 2.58. The van der Waals surface area contributed by atoms with Crippen molar-refractivity contribution in [2.75, 3.05) is 0 Å². The predicted molar refractivity (Wildman–Crippen MR) is 113 cm³/mol. The fraction of sp³-hybridized carbons (Fsp3) is 0.600. The molecule has 2 amide bonds. The molecule has 0 fully saturated rings. The van der Waals surface area contributed by atoms with Crippen molar-refractivity contribution in [2.24, 2.45) is 11.8 Å². The summed E-state index contributed by atoms with van der Waals surface area (Å²) in [5.74, 6) is -0.373. The van der Waals surface area contributed by atoms with Crippen LogP contribution >= 0.6 is 8.25 Å². The number of nitrogens with one attached hydrogen (secondary N) is 2. The lowest BCUT2D eigenvalue weighted by Gasteiger charge is -2.27. The van der Waals surface area contributed by atoms with E-state index >= 15 is 0 Å². The lowest BCUT2D eigenvalue weighted by molar-refractivity contribution is -0.128. The minimum absolute atomic E-state index is 0.0655. The molecule has 0 aromatic heterocycles. The number of alkyl carbamates (subject to hydrolysis) is 1. The number of benzene rings is 1. The highest BCUT2D eigenvalue weighted by molar-refractivity contribution is 7.32. The van der Waals surface area contributed by atoms with E-state index in [9.17, 15) is 19.3 Å². The molecule has 10 heteroatoms. The molecule has 0 saturated carbocycles. The number of carbonyl (C=O) groups is 2. The van der Waals surface area contributed by atoms with E-state index in [2.05, 4.69) is 15.2 Å². The minimum Gasteiger partial charge on any atom is -0.445 e. The maximum Gasteiger partial charge on any atom is 0.408 e. The number of hydrogen-bond acceptors (Lipinski definition) is 6. The molecule has 0 aliphatic rings. The standard InChI is InChI=1S/C20H33N2O7P/c1-13(2)10-16(22-20(25)28-12-15-8-6-5-7-9-15)18(23)21-17(11-14(3)4)19(24)29-30(26)27/h5-9,13-14,16-17,19,24,30H,10-12H2,1-4H3,(H,21,23)(H,22,25)(H,26,27)/t16-,17+,19-/m0/s1. The molecule has 30 heavy (non-hydrogen) atoms. The van der Waals surface area contributed by atoms with E-state index in [1.54, 1.807) is 0 Å². The Balaban J connectivity index is 2.76. The van der Waals surface area contributed by atoms with Crippen LogP contribution < -0.4 is 10.6 Å². The Hall–Kier alpha value is -1.93. The van der Waals surface area contributed by atoms with Crippen molar-refractivity contribution in [1.82, 2.24) is 10.6 Å². The first-order valence-corrected chi connectivity index (χ1v) is 11.2. The molecule has 0 bridgehead atoms. The fourth-order valence-corrected chi connectivity index (χ4v) is 3.20. The number of amides is 2. The Morgan fingerprint density at radius 3 is 2.17 bits per heavy atom. The first-order valence-electron chi connectivity index (χ1n) is 9.93. The van der Waals surface area contributed by atoms with Crippen LogP contribution in [0.4, 0.5) is 4.79 Å². The minimum atomic E-state index is -3.38. The van der Waals surface area contributed by atoms with Crippen molar-refractivity contribution in [3.63, 3.8) is 0 Å². The zero-order valence-electron chi connectivity index (χ0n) is 17.8. The van der Waals surface area contributed by atoms with Crippen LogP contribution in [0.15, 0.2) is 30.3 Å². The van der Waals surface area contributed by atoms with Gasteiger partial charge in [-0.25, -0.2) is 4.79 Å². The van der Waals surface area contributed by atoms with E-state index in [4.69, 9.17) is 9.63 Å². The molecule has 0 heterocycles. The summed E-state index contributed by atoms with van der Waals surface area (Å²) >= 11 is 0. The van der Waals surface area contributed by atoms with Gasteiger partial charge in [-0.1, -0.05) is 58.0 Å². The van der Waals surface area contributed by atoms with Crippen LogP contribution in [0, 0.1) is 11.8 Å². The first-order chi connectivity index (χ1) is 14.1. The van der Waals surface area contributed by atoms with Gasteiger partial charge in [-0.3, -0.25) is 13.9 Å². The largest absolute Gasteiger partial charge is 0.445 e. The summed E-state index contributed by atoms with van der Waals surface area (Å²) in [4.78, 5) is 33.9. The van der Waals surface area contributed by atoms with Crippen LogP contribution in [0.5, 0.6) is 0 Å². The molecule has 170 valence electrons. The Bertz CT molecular complexity index is 685. The van der Waals surface area contributed by atoms with Crippen molar-refractivity contribution < 1.29 is 33.4 Å². The number of aliphatic hydroxyl groups is 1. The van der Waals surface area contributed by atoms with Crippen LogP contribution in [0.25, 0.3) is 0 Å². The molecule has 1 aromatic carbocycles. The van der Waals surface area contributed by atoms with Gasteiger partial charge in [0.25, 0.3) is 0 Å². The monoisotopic (exact) mass is 444 g/mol. The molecule has 0 radical (unpaired) electrons. The van der Waals surface area contributed by atoms with E-state index in [0.717, 1.165) is 5.56 Å². The van der Waals surface area contributed by atoms with Gasteiger partial charge in [0.05, 0.1) is 6.04 Å². The van der Waals surface area contributed by atoms with E-state index in [1.807, 2.05) is 58.0 Å². The number of aliphatic hydroxyl groups excluding tert-OH is 1. The Morgan fingerprint density at radius 1 is 1.03 bits per heavy atom. The third kappa shape index (κ3) is 10.7. The molecule has 0 aliphatic carbocycles. The van der Waals surface area contributed by atoms with Gasteiger partial charge in [0.2, 0.25) is 5.91 Å². The van der Waals surface area contributed by atoms with Crippen LogP contribution in [-0.2, 0) is 25.2 Å². The molecule has 4 N–H and O–H groups in total. The smallest absolute Gasteiger partial charge is 0.408 e. The molecule has 1 aromatic rings. The average molecular weight is 444 g/mol. The lowest BCUT2D eigenvalue weighted by Crippen LogP contribution is -2.53. The topological polar surface area (TPSA) is 134 Å². The third-order valence-corrected chi connectivity index (χ3v) is 4.59. The molecule has 1 unspecified atom stereocenters. The van der Waals surface area contributed by atoms with Crippen molar-refractivity contribution in [2.45, 2.75) is 65.5 Å². The summed E-state index contributed by atoms with van der Waals surface area (Å²) in [6.07, 6.45) is -1.72. The maximum absolute atomic E-state index is 12.8. The summed E-state index contributed by atoms with van der Waals surface area (Å²) in [6.45, 7) is 7.62. The summed E-state index contributed by atoms with van der Waals surface area (Å²) in [6, 6.07) is 7.33. The highest BCUT2D eigenvalue weighted by Gasteiger charge is 2.29. The van der Waals surface area contributed by atoms with Crippen molar-refractivity contribution in [3.8, 4) is 0 Å². The number of ether oxygens (including phenoxy) is 1. The van der Waals surface area contributed by atoms with Gasteiger partial charge in [-0.15, -0.1) is 0 Å². The van der Waals surface area contributed by atoms with Gasteiger partial charge >= 0.3 is 14.3 Å². The van der Waals surface area contributed by atoms with Crippen molar-refractivity contribution in [1.29, 1.82) is 0 Å². The molecular weight excluding hydrogens is 411 g/mol. The van der Waals surface area contributed by atoms with Gasteiger partial charge in [-0.2, -0.15) is 0 Å². The normalized spacial score (nSPS) is 15.3. The first kappa shape index (κ1) is 26.1. The molecule has 9 nitrogen and oxygen atoms in total. The summed E-state index contributed by atoms with van der Waals surface area (Å²) in [5.41, 5.74) is 0.814. The SMILES string of the molecule is CC(C)C[C@H](NC(=O)OCc1ccccc1)C(=O)N[C@H](CC(C)C)[C@@H](O)O[PH](=O)O. The van der Waals surface area contributed by atoms with E-state index in [1.165, 1.54) is 0 Å². The highest BCUT2D eigenvalue weighted by Crippen LogP contribution is 2.21. The van der Waals surface area contributed by atoms with Crippen molar-refractivity contribution >= 4 is 20.3 Å². The van der Waals surface area contributed by atoms with Gasteiger partial charge in [-0.05, 0) is 30.2 Å². The fourth-order valence-electron chi connectivity index (χ4n) is 2.83. The Morgan fingerprint density at radius 2 is 1.63 bits per heavy atom. The summed E-state index contributed by atoms with van der Waals surface area (Å²) < 4.78 is 20.7. The van der Waals surface area contributed by atoms with Gasteiger partial charge in [0, 0.05) is 0 Å². The molecule has 4 atom stereocenters. The highest BCUT2D eigenvalue weighted by atomic mass is 31.1. The second kappa shape index (κ2) is 13.4. The van der Waals surface area contributed by atoms with Gasteiger partial charge in [0.1, 0.15) is 12.6 Å².